The maximum atomic E-state index is 12.8. The van der Waals surface area contributed by atoms with Crippen LogP contribution in [0, 0.1) is 47.6 Å². The second kappa shape index (κ2) is 4.50. The van der Waals surface area contributed by atoms with Crippen molar-refractivity contribution in [3.05, 3.63) is 45.5 Å². The Kier molecular flexibility index (Phi) is 2.76. The molecule has 118 valence electrons. The van der Waals surface area contributed by atoms with Gasteiger partial charge < -0.3 is 0 Å². The quantitative estimate of drug-likeness (QED) is 0.364. The average Bonchev–Trinajstić information content (AvgIpc) is 3.16. The highest BCUT2D eigenvalue weighted by Gasteiger charge is 2.60. The minimum Gasteiger partial charge on any atom is -0.274 e. The summed E-state index contributed by atoms with van der Waals surface area (Å²) in [5.41, 5.74) is 1.52. The van der Waals surface area contributed by atoms with Crippen molar-refractivity contribution in [2.75, 3.05) is 4.90 Å². The molecule has 1 aromatic carbocycles. The number of imide groups is 1. The Balaban J connectivity index is 1.84. The maximum Gasteiger partial charge on any atom is 0.293 e. The van der Waals surface area contributed by atoms with Gasteiger partial charge in [0.25, 0.3) is 5.69 Å². The summed E-state index contributed by atoms with van der Waals surface area (Å²) in [5.74, 6) is -1.09. The Morgan fingerprint density at radius 2 is 1.57 bits per heavy atom. The van der Waals surface area contributed by atoms with E-state index in [0.717, 1.165) is 22.4 Å². The number of nitro benzene ring substituents is 1. The summed E-state index contributed by atoms with van der Waals surface area (Å²) < 4.78 is 0. The molecule has 0 unspecified atom stereocenters. The molecular weight excluding hydrogens is 296 g/mol. The van der Waals surface area contributed by atoms with Crippen LogP contribution in [0.15, 0.2) is 24.3 Å². The van der Waals surface area contributed by atoms with Crippen LogP contribution in [0.25, 0.3) is 0 Å². The monoisotopic (exact) mass is 312 g/mol. The number of aryl methyl sites for hydroxylation is 2. The highest BCUT2D eigenvalue weighted by molar-refractivity contribution is 6.23. The van der Waals surface area contributed by atoms with Crippen LogP contribution < -0.4 is 4.90 Å². The fourth-order valence-electron chi connectivity index (χ4n) is 4.25. The first-order valence-electron chi connectivity index (χ1n) is 7.72. The van der Waals surface area contributed by atoms with Gasteiger partial charge in [-0.05, 0) is 49.3 Å². The SMILES string of the molecule is Cc1cc(N2C(=O)[C@@H]3[C@@H](C2=O)[C@H]2C=C[C@@H]3C2)c([N+](=O)[O-])cc1C. The number of rotatable bonds is 2. The molecule has 23 heavy (non-hydrogen) atoms. The Labute approximate surface area is 132 Å². The van der Waals surface area contributed by atoms with Gasteiger partial charge in [0.1, 0.15) is 5.69 Å². The van der Waals surface area contributed by atoms with E-state index in [1.54, 1.807) is 13.0 Å². The van der Waals surface area contributed by atoms with E-state index in [9.17, 15) is 19.7 Å². The van der Waals surface area contributed by atoms with Gasteiger partial charge in [-0.1, -0.05) is 12.2 Å². The number of benzene rings is 1. The minimum atomic E-state index is -0.525. The number of hydrogen-bond donors (Lipinski definition) is 0. The highest BCUT2D eigenvalue weighted by Crippen LogP contribution is 2.54. The zero-order valence-electron chi connectivity index (χ0n) is 12.9. The highest BCUT2D eigenvalue weighted by atomic mass is 16.6. The molecule has 1 saturated heterocycles. The van der Waals surface area contributed by atoms with E-state index in [0.29, 0.717) is 0 Å². The van der Waals surface area contributed by atoms with Crippen molar-refractivity contribution < 1.29 is 14.5 Å². The van der Waals surface area contributed by atoms with Crippen molar-refractivity contribution in [3.8, 4) is 0 Å². The third-order valence-electron chi connectivity index (χ3n) is 5.50. The lowest BCUT2D eigenvalue weighted by atomic mass is 9.85. The van der Waals surface area contributed by atoms with Gasteiger partial charge in [0.15, 0.2) is 0 Å². The van der Waals surface area contributed by atoms with Gasteiger partial charge in [-0.25, -0.2) is 4.90 Å². The largest absolute Gasteiger partial charge is 0.293 e. The Bertz CT molecular complexity index is 768. The Hall–Kier alpha value is -2.50. The molecule has 0 spiro atoms. The summed E-state index contributed by atoms with van der Waals surface area (Å²) in [7, 11) is 0. The number of fused-ring (bicyclic) bond motifs is 5. The molecule has 1 aromatic rings. The van der Waals surface area contributed by atoms with E-state index >= 15 is 0 Å². The van der Waals surface area contributed by atoms with E-state index in [4.69, 9.17) is 0 Å². The van der Waals surface area contributed by atoms with Crippen LogP contribution in [0.1, 0.15) is 17.5 Å². The normalized spacial score (nSPS) is 31.1. The van der Waals surface area contributed by atoms with Gasteiger partial charge >= 0.3 is 0 Å². The van der Waals surface area contributed by atoms with Gasteiger partial charge in [-0.2, -0.15) is 0 Å². The van der Waals surface area contributed by atoms with Crippen molar-refractivity contribution in [2.45, 2.75) is 20.3 Å². The summed E-state index contributed by atoms with van der Waals surface area (Å²) in [6, 6.07) is 3.02. The fraction of sp³-hybridized carbons (Fsp3) is 0.412. The summed E-state index contributed by atoms with van der Waals surface area (Å²) in [4.78, 5) is 37.5. The molecule has 0 radical (unpaired) electrons. The zero-order valence-corrected chi connectivity index (χ0v) is 12.9. The van der Waals surface area contributed by atoms with Crippen molar-refractivity contribution in [1.29, 1.82) is 0 Å². The standard InChI is InChI=1S/C17H16N2O4/c1-8-5-12(13(19(22)23)6-9(8)2)18-16(20)14-10-3-4-11(7-10)15(14)17(18)21/h3-6,10-11,14-15H,7H2,1-2H3/t10-,11+,14-,15-/m0/s1. The van der Waals surface area contributed by atoms with Crippen molar-refractivity contribution in [3.63, 3.8) is 0 Å². The van der Waals surface area contributed by atoms with E-state index in [2.05, 4.69) is 0 Å². The predicted molar refractivity (Wildman–Crippen MR) is 82.8 cm³/mol. The first-order chi connectivity index (χ1) is 10.9. The molecule has 4 atom stereocenters. The number of nitro groups is 1. The molecule has 6 nitrogen and oxygen atoms in total. The van der Waals surface area contributed by atoms with Crippen LogP contribution >= 0.6 is 0 Å². The van der Waals surface area contributed by atoms with Gasteiger partial charge in [0.05, 0.1) is 16.8 Å². The van der Waals surface area contributed by atoms with Gasteiger partial charge in [-0.15, -0.1) is 0 Å². The molecule has 2 fully saturated rings. The van der Waals surface area contributed by atoms with E-state index < -0.39 is 4.92 Å². The summed E-state index contributed by atoms with van der Waals surface area (Å²) >= 11 is 0. The average molecular weight is 312 g/mol. The number of carbonyl (C=O) groups excluding carboxylic acids is 2. The summed E-state index contributed by atoms with van der Waals surface area (Å²) in [5, 5.41) is 11.4. The first kappa shape index (κ1) is 14.1. The van der Waals surface area contributed by atoms with Crippen molar-refractivity contribution in [1.82, 2.24) is 0 Å². The molecule has 1 aliphatic heterocycles. The van der Waals surface area contributed by atoms with Crippen LogP contribution in [0.3, 0.4) is 0 Å². The molecule has 4 rings (SSSR count). The number of allylic oxidation sites excluding steroid dienone is 2. The minimum absolute atomic E-state index is 0.0945. The second-order valence-electron chi connectivity index (χ2n) is 6.69. The van der Waals surface area contributed by atoms with Gasteiger partial charge in [0.2, 0.25) is 11.8 Å². The number of anilines is 1. The molecular formula is C17H16N2O4. The molecule has 2 amide bonds. The van der Waals surface area contributed by atoms with Crippen LogP contribution in [0.2, 0.25) is 0 Å². The molecule has 3 aliphatic rings. The molecule has 1 saturated carbocycles. The summed E-state index contributed by atoms with van der Waals surface area (Å²) in [6.07, 6.45) is 4.86. The zero-order chi connectivity index (χ0) is 16.5. The Morgan fingerprint density at radius 1 is 1.04 bits per heavy atom. The molecule has 2 aliphatic carbocycles. The number of amides is 2. The number of carbonyl (C=O) groups is 2. The molecule has 2 bridgehead atoms. The molecule has 0 N–H and O–H groups in total. The second-order valence-corrected chi connectivity index (χ2v) is 6.69. The van der Waals surface area contributed by atoms with Crippen LogP contribution in [-0.2, 0) is 9.59 Å². The lowest BCUT2D eigenvalue weighted by Crippen LogP contribution is -2.33. The first-order valence-corrected chi connectivity index (χ1v) is 7.72. The molecule has 0 aromatic heterocycles. The van der Waals surface area contributed by atoms with E-state index in [1.807, 2.05) is 19.1 Å². The fourth-order valence-corrected chi connectivity index (χ4v) is 4.25. The maximum absolute atomic E-state index is 12.8. The number of nitrogens with zero attached hydrogens (tertiary/aromatic N) is 2. The lowest BCUT2D eigenvalue weighted by molar-refractivity contribution is -0.384. The van der Waals surface area contributed by atoms with E-state index in [-0.39, 0.29) is 46.9 Å². The third kappa shape index (κ3) is 1.75. The van der Waals surface area contributed by atoms with Crippen LogP contribution in [0.5, 0.6) is 0 Å². The van der Waals surface area contributed by atoms with Crippen molar-refractivity contribution in [2.24, 2.45) is 23.7 Å². The third-order valence-corrected chi connectivity index (χ3v) is 5.50. The summed E-state index contributed by atoms with van der Waals surface area (Å²) in [6.45, 7) is 3.60. The van der Waals surface area contributed by atoms with E-state index in [1.165, 1.54) is 6.07 Å². The van der Waals surface area contributed by atoms with Gasteiger partial charge in [-0.3, -0.25) is 19.7 Å². The van der Waals surface area contributed by atoms with Crippen molar-refractivity contribution >= 4 is 23.2 Å². The lowest BCUT2D eigenvalue weighted by Gasteiger charge is -2.18. The molecule has 6 heteroatoms. The topological polar surface area (TPSA) is 80.5 Å². The van der Waals surface area contributed by atoms with Crippen LogP contribution in [-0.4, -0.2) is 16.7 Å². The Morgan fingerprint density at radius 3 is 2.09 bits per heavy atom. The predicted octanol–water partition coefficient (Wildman–Crippen LogP) is 2.52. The smallest absolute Gasteiger partial charge is 0.274 e. The van der Waals surface area contributed by atoms with Crippen LogP contribution in [0.4, 0.5) is 11.4 Å². The number of hydrogen-bond acceptors (Lipinski definition) is 4. The molecule has 1 heterocycles. The van der Waals surface area contributed by atoms with Gasteiger partial charge in [0, 0.05) is 6.07 Å².